The van der Waals surface area contributed by atoms with Gasteiger partial charge in [-0.05, 0) is 43.3 Å². The van der Waals surface area contributed by atoms with Crippen LogP contribution in [0.3, 0.4) is 0 Å². The number of ether oxygens (including phenoxy) is 2. The summed E-state index contributed by atoms with van der Waals surface area (Å²) in [4.78, 5) is 0.722. The van der Waals surface area contributed by atoms with Crippen molar-refractivity contribution < 1.29 is 13.7 Å². The number of rotatable bonds is 6. The number of nitrogens with two attached hydrogens (primary N) is 1. The lowest BCUT2D eigenvalue weighted by molar-refractivity contribution is 0.337. The molecule has 0 aliphatic rings. The van der Waals surface area contributed by atoms with Gasteiger partial charge in [0.1, 0.15) is 11.5 Å². The maximum Gasteiger partial charge on any atom is 0.123 e. The highest BCUT2D eigenvalue weighted by atomic mass is 32.2. The van der Waals surface area contributed by atoms with Gasteiger partial charge < -0.3 is 15.2 Å². The zero-order valence-electron chi connectivity index (χ0n) is 12.2. The Morgan fingerprint density at radius 2 is 2.00 bits per heavy atom. The fraction of sp³-hybridized carbons (Fsp3) is 0.250. The van der Waals surface area contributed by atoms with Gasteiger partial charge in [0.15, 0.2) is 0 Å². The zero-order chi connectivity index (χ0) is 15.2. The SMILES string of the molecule is CCOc1ccc(N)cc1CS(=O)c1cccc(OC)c1. The quantitative estimate of drug-likeness (QED) is 0.833. The Morgan fingerprint density at radius 3 is 2.71 bits per heavy atom. The minimum absolute atomic E-state index is 0.355. The van der Waals surface area contributed by atoms with Crippen LogP contribution in [-0.2, 0) is 16.6 Å². The maximum absolute atomic E-state index is 12.5. The molecule has 0 heterocycles. The molecule has 0 spiro atoms. The van der Waals surface area contributed by atoms with Crippen LogP contribution in [-0.4, -0.2) is 17.9 Å². The Morgan fingerprint density at radius 1 is 1.19 bits per heavy atom. The van der Waals surface area contributed by atoms with E-state index in [0.717, 1.165) is 16.2 Å². The molecule has 2 N–H and O–H groups in total. The molecule has 2 aromatic carbocycles. The van der Waals surface area contributed by atoms with E-state index in [0.29, 0.717) is 23.8 Å². The lowest BCUT2D eigenvalue weighted by Crippen LogP contribution is -2.02. The summed E-state index contributed by atoms with van der Waals surface area (Å²) in [7, 11) is 0.406. The molecule has 1 atom stereocenters. The fourth-order valence-electron chi connectivity index (χ4n) is 1.98. The van der Waals surface area contributed by atoms with Gasteiger partial charge in [-0.15, -0.1) is 0 Å². The summed E-state index contributed by atoms with van der Waals surface area (Å²) in [5, 5.41) is 0. The molecule has 0 saturated heterocycles. The average molecular weight is 305 g/mol. The standard InChI is InChI=1S/C16H19NO3S/c1-3-20-16-8-7-13(17)9-12(16)11-21(18)15-6-4-5-14(10-15)19-2/h4-10H,3,11,17H2,1-2H3. The number of hydrogen-bond acceptors (Lipinski definition) is 4. The van der Waals surface area contributed by atoms with E-state index < -0.39 is 10.8 Å². The summed E-state index contributed by atoms with van der Waals surface area (Å²) < 4.78 is 23.2. The van der Waals surface area contributed by atoms with Crippen LogP contribution in [0, 0.1) is 0 Å². The third-order valence-electron chi connectivity index (χ3n) is 2.98. The molecule has 5 heteroatoms. The van der Waals surface area contributed by atoms with Crippen molar-refractivity contribution in [1.82, 2.24) is 0 Å². The van der Waals surface area contributed by atoms with Gasteiger partial charge in [-0.3, -0.25) is 4.21 Å². The Labute approximate surface area is 127 Å². The maximum atomic E-state index is 12.5. The van der Waals surface area contributed by atoms with Crippen molar-refractivity contribution >= 4 is 16.5 Å². The van der Waals surface area contributed by atoms with Gasteiger partial charge in [0.2, 0.25) is 0 Å². The first-order chi connectivity index (χ1) is 10.1. The third kappa shape index (κ3) is 3.98. The summed E-state index contributed by atoms with van der Waals surface area (Å²) in [6, 6.07) is 12.7. The molecule has 0 aliphatic carbocycles. The highest BCUT2D eigenvalue weighted by Gasteiger charge is 2.11. The molecule has 0 aromatic heterocycles. The van der Waals surface area contributed by atoms with Gasteiger partial charge >= 0.3 is 0 Å². The molecule has 0 bridgehead atoms. The Kier molecular flexibility index (Phi) is 5.22. The van der Waals surface area contributed by atoms with Crippen LogP contribution in [0.15, 0.2) is 47.4 Å². The van der Waals surface area contributed by atoms with Gasteiger partial charge in [0, 0.05) is 16.1 Å². The van der Waals surface area contributed by atoms with Crippen LogP contribution >= 0.6 is 0 Å². The van der Waals surface area contributed by atoms with Gasteiger partial charge in [0.05, 0.1) is 30.3 Å². The minimum atomic E-state index is -1.18. The number of anilines is 1. The minimum Gasteiger partial charge on any atom is -0.497 e. The van der Waals surface area contributed by atoms with Crippen LogP contribution in [0.4, 0.5) is 5.69 Å². The monoisotopic (exact) mass is 305 g/mol. The van der Waals surface area contributed by atoms with Crippen molar-refractivity contribution in [2.24, 2.45) is 0 Å². The van der Waals surface area contributed by atoms with Crippen molar-refractivity contribution in [3.8, 4) is 11.5 Å². The number of nitrogen functional groups attached to an aromatic ring is 1. The normalized spacial score (nSPS) is 11.9. The second kappa shape index (κ2) is 7.13. The largest absolute Gasteiger partial charge is 0.497 e. The van der Waals surface area contributed by atoms with E-state index >= 15 is 0 Å². The molecule has 112 valence electrons. The summed E-state index contributed by atoms with van der Waals surface area (Å²) in [6.45, 7) is 2.47. The first kappa shape index (κ1) is 15.4. The lowest BCUT2D eigenvalue weighted by Gasteiger charge is -2.11. The molecule has 0 fully saturated rings. The van der Waals surface area contributed by atoms with Crippen molar-refractivity contribution in [2.75, 3.05) is 19.5 Å². The predicted octanol–water partition coefficient (Wildman–Crippen LogP) is 2.98. The van der Waals surface area contributed by atoms with E-state index in [1.807, 2.05) is 37.3 Å². The van der Waals surface area contributed by atoms with Crippen molar-refractivity contribution in [3.05, 3.63) is 48.0 Å². The van der Waals surface area contributed by atoms with Gasteiger partial charge in [0.25, 0.3) is 0 Å². The fourth-order valence-corrected chi connectivity index (χ4v) is 3.13. The molecule has 0 saturated carbocycles. The molecule has 2 aromatic rings. The summed E-state index contributed by atoms with van der Waals surface area (Å²) >= 11 is 0. The van der Waals surface area contributed by atoms with Crippen LogP contribution in [0.1, 0.15) is 12.5 Å². The van der Waals surface area contributed by atoms with Crippen molar-refractivity contribution in [1.29, 1.82) is 0 Å². The topological polar surface area (TPSA) is 61.5 Å². The molecular formula is C16H19NO3S. The van der Waals surface area contributed by atoms with E-state index in [4.69, 9.17) is 15.2 Å². The van der Waals surface area contributed by atoms with Gasteiger partial charge in [-0.1, -0.05) is 6.07 Å². The Bertz CT molecular complexity index is 643. The number of benzene rings is 2. The Hall–Kier alpha value is -2.01. The predicted molar refractivity (Wildman–Crippen MR) is 85.1 cm³/mol. The highest BCUT2D eigenvalue weighted by molar-refractivity contribution is 7.84. The van der Waals surface area contributed by atoms with Gasteiger partial charge in [-0.2, -0.15) is 0 Å². The first-order valence-electron chi connectivity index (χ1n) is 6.67. The van der Waals surface area contributed by atoms with Crippen LogP contribution in [0.25, 0.3) is 0 Å². The van der Waals surface area contributed by atoms with E-state index in [1.165, 1.54) is 0 Å². The molecule has 4 nitrogen and oxygen atoms in total. The Balaban J connectivity index is 2.24. The highest BCUT2D eigenvalue weighted by Crippen LogP contribution is 2.25. The van der Waals surface area contributed by atoms with Gasteiger partial charge in [-0.25, -0.2) is 0 Å². The number of methoxy groups -OCH3 is 1. The second-order valence-corrected chi connectivity index (χ2v) is 5.92. The molecule has 0 amide bonds. The molecule has 2 rings (SSSR count). The first-order valence-corrected chi connectivity index (χ1v) is 7.99. The third-order valence-corrected chi connectivity index (χ3v) is 4.33. The summed E-state index contributed by atoms with van der Waals surface area (Å²) in [5.74, 6) is 1.77. The average Bonchev–Trinajstić information content (AvgIpc) is 2.50. The van der Waals surface area contributed by atoms with E-state index in [2.05, 4.69) is 0 Å². The molecule has 21 heavy (non-hydrogen) atoms. The van der Waals surface area contributed by atoms with Crippen molar-refractivity contribution in [3.63, 3.8) is 0 Å². The molecule has 0 radical (unpaired) electrons. The molecule has 0 aliphatic heterocycles. The zero-order valence-corrected chi connectivity index (χ0v) is 13.0. The summed E-state index contributed by atoms with van der Waals surface area (Å²) in [5.41, 5.74) is 7.29. The molecule has 1 unspecified atom stereocenters. The molecular weight excluding hydrogens is 286 g/mol. The summed E-state index contributed by atoms with van der Waals surface area (Å²) in [6.07, 6.45) is 0. The van der Waals surface area contributed by atoms with E-state index in [9.17, 15) is 4.21 Å². The number of hydrogen-bond donors (Lipinski definition) is 1. The van der Waals surface area contributed by atoms with E-state index in [-0.39, 0.29) is 0 Å². The van der Waals surface area contributed by atoms with Crippen LogP contribution in [0.2, 0.25) is 0 Å². The van der Waals surface area contributed by atoms with Crippen LogP contribution < -0.4 is 15.2 Å². The smallest absolute Gasteiger partial charge is 0.123 e. The van der Waals surface area contributed by atoms with E-state index in [1.54, 1.807) is 19.2 Å². The van der Waals surface area contributed by atoms with Crippen LogP contribution in [0.5, 0.6) is 11.5 Å². The second-order valence-electron chi connectivity index (χ2n) is 4.47. The lowest BCUT2D eigenvalue weighted by atomic mass is 10.2. The van der Waals surface area contributed by atoms with Crippen molar-refractivity contribution in [2.45, 2.75) is 17.6 Å².